The van der Waals surface area contributed by atoms with Crippen LogP contribution in [-0.2, 0) is 4.79 Å². The van der Waals surface area contributed by atoms with Crippen molar-refractivity contribution in [3.05, 3.63) is 85.5 Å². The number of carbonyl (C=O) groups is 2. The van der Waals surface area contributed by atoms with Crippen LogP contribution >= 0.6 is 27.7 Å². The van der Waals surface area contributed by atoms with Gasteiger partial charge in [-0.3, -0.25) is 9.69 Å². The number of hydrogen-bond donors (Lipinski definition) is 1. The average Bonchev–Trinajstić information content (AvgIpc) is 3.21. The molecule has 1 aliphatic rings. The quantitative estimate of drug-likeness (QED) is 0.390. The monoisotopic (exact) mass is 537 g/mol. The second-order valence-corrected chi connectivity index (χ2v) is 10.1. The Morgan fingerprint density at radius 2 is 1.85 bits per heavy atom. The maximum Gasteiger partial charge on any atom is 0.336 e. The van der Waals surface area contributed by atoms with Crippen molar-refractivity contribution in [1.82, 2.24) is 9.47 Å². The molecule has 0 unspecified atom stereocenters. The van der Waals surface area contributed by atoms with Gasteiger partial charge in [0, 0.05) is 28.6 Å². The van der Waals surface area contributed by atoms with E-state index >= 15 is 0 Å². The summed E-state index contributed by atoms with van der Waals surface area (Å²) in [5.41, 5.74) is 6.60. The highest BCUT2D eigenvalue weighted by Gasteiger charge is 2.31. The van der Waals surface area contributed by atoms with Crippen LogP contribution < -0.4 is 0 Å². The standard InChI is InChI=1S/C26H24BrN3O3S/c1-14-11-19(9-10-21(14)27)30-15(2)12-18(17(30)4)13-23-24(31)29(5)26(34-23)28-22-8-6-7-20(16(22)3)25(32)33/h6-13H,1-5H3,(H,32,33)/b23-13-,28-26?. The highest BCUT2D eigenvalue weighted by molar-refractivity contribution is 9.10. The van der Waals surface area contributed by atoms with Crippen molar-refractivity contribution in [3.63, 3.8) is 0 Å². The van der Waals surface area contributed by atoms with Gasteiger partial charge in [0.25, 0.3) is 5.91 Å². The summed E-state index contributed by atoms with van der Waals surface area (Å²) in [5, 5.41) is 9.89. The van der Waals surface area contributed by atoms with Crippen LogP contribution in [0.2, 0.25) is 0 Å². The van der Waals surface area contributed by atoms with Crippen molar-refractivity contribution in [3.8, 4) is 5.69 Å². The molecule has 1 aliphatic heterocycles. The Bertz CT molecular complexity index is 1400. The molecule has 4 rings (SSSR count). The third-order valence-electron chi connectivity index (χ3n) is 5.91. The molecule has 1 aromatic heterocycles. The molecule has 0 radical (unpaired) electrons. The summed E-state index contributed by atoms with van der Waals surface area (Å²) in [4.78, 5) is 31.1. The predicted octanol–water partition coefficient (Wildman–Crippen LogP) is 6.41. The normalized spacial score (nSPS) is 16.2. The topological polar surface area (TPSA) is 74.9 Å². The first-order valence-corrected chi connectivity index (χ1v) is 12.2. The number of aliphatic imine (C=N–C) groups is 1. The molecular formula is C26H24BrN3O3S. The van der Waals surface area contributed by atoms with E-state index in [0.29, 0.717) is 21.3 Å². The molecule has 1 saturated heterocycles. The highest BCUT2D eigenvalue weighted by Crippen LogP contribution is 2.35. The largest absolute Gasteiger partial charge is 0.478 e. The summed E-state index contributed by atoms with van der Waals surface area (Å²) in [6, 6.07) is 13.3. The Balaban J connectivity index is 1.70. The molecule has 0 spiro atoms. The number of amides is 1. The van der Waals surface area contributed by atoms with Crippen LogP contribution in [0.15, 0.2) is 56.8 Å². The number of rotatable bonds is 4. The molecule has 0 bridgehead atoms. The number of benzene rings is 2. The summed E-state index contributed by atoms with van der Waals surface area (Å²) in [5.74, 6) is -1.14. The van der Waals surface area contributed by atoms with Gasteiger partial charge in [-0.05, 0) is 98.6 Å². The van der Waals surface area contributed by atoms with Gasteiger partial charge in [0.1, 0.15) is 0 Å². The fourth-order valence-corrected chi connectivity index (χ4v) is 5.19. The number of thioether (sulfide) groups is 1. The van der Waals surface area contributed by atoms with Crippen molar-refractivity contribution in [2.24, 2.45) is 4.99 Å². The summed E-state index contributed by atoms with van der Waals surface area (Å²) >= 11 is 4.84. The first-order valence-electron chi connectivity index (χ1n) is 10.6. The first kappa shape index (κ1) is 24.0. The van der Waals surface area contributed by atoms with E-state index in [2.05, 4.69) is 50.6 Å². The van der Waals surface area contributed by atoms with Gasteiger partial charge >= 0.3 is 5.97 Å². The van der Waals surface area contributed by atoms with Gasteiger partial charge in [0.05, 0.1) is 16.2 Å². The number of aryl methyl sites for hydroxylation is 2. The van der Waals surface area contributed by atoms with Crippen molar-refractivity contribution in [2.75, 3.05) is 7.05 Å². The van der Waals surface area contributed by atoms with Gasteiger partial charge in [-0.1, -0.05) is 22.0 Å². The Labute approximate surface area is 211 Å². The van der Waals surface area contributed by atoms with Gasteiger partial charge in [0.2, 0.25) is 0 Å². The predicted molar refractivity (Wildman–Crippen MR) is 141 cm³/mol. The molecule has 174 valence electrons. The molecule has 1 fully saturated rings. The highest BCUT2D eigenvalue weighted by atomic mass is 79.9. The average molecular weight is 538 g/mol. The van der Waals surface area contributed by atoms with E-state index in [4.69, 9.17) is 0 Å². The van der Waals surface area contributed by atoms with Crippen LogP contribution in [0.5, 0.6) is 0 Å². The zero-order valence-corrected chi connectivity index (χ0v) is 21.9. The molecular weight excluding hydrogens is 514 g/mol. The number of carboxylic acids is 1. The first-order chi connectivity index (χ1) is 16.1. The van der Waals surface area contributed by atoms with Crippen molar-refractivity contribution in [2.45, 2.75) is 27.7 Å². The van der Waals surface area contributed by atoms with E-state index in [-0.39, 0.29) is 11.5 Å². The summed E-state index contributed by atoms with van der Waals surface area (Å²) in [6.45, 7) is 7.87. The third kappa shape index (κ3) is 4.35. The Kier molecular flexibility index (Phi) is 6.55. The van der Waals surface area contributed by atoms with Crippen molar-refractivity contribution < 1.29 is 14.7 Å². The van der Waals surface area contributed by atoms with E-state index in [0.717, 1.165) is 32.7 Å². The lowest BCUT2D eigenvalue weighted by Gasteiger charge is -2.11. The third-order valence-corrected chi connectivity index (χ3v) is 7.86. The molecule has 2 heterocycles. The number of aromatic carboxylic acids is 1. The van der Waals surface area contributed by atoms with Gasteiger partial charge in [-0.25, -0.2) is 9.79 Å². The lowest BCUT2D eigenvalue weighted by Crippen LogP contribution is -2.23. The molecule has 2 aromatic carbocycles. The summed E-state index contributed by atoms with van der Waals surface area (Å²) in [6.07, 6.45) is 1.90. The van der Waals surface area contributed by atoms with E-state index < -0.39 is 5.97 Å². The summed E-state index contributed by atoms with van der Waals surface area (Å²) < 4.78 is 3.24. The second kappa shape index (κ2) is 9.27. The van der Waals surface area contributed by atoms with Crippen LogP contribution in [0.1, 0.15) is 38.4 Å². The van der Waals surface area contributed by atoms with Gasteiger partial charge in [-0.2, -0.15) is 0 Å². The number of carboxylic acid groups (broad SMARTS) is 1. The smallest absolute Gasteiger partial charge is 0.336 e. The number of likely N-dealkylation sites (N-methyl/N-ethyl adjacent to an activating group) is 1. The SMILES string of the molecule is Cc1cc(-n2c(C)cc(/C=C3\SC(=Nc4cccc(C(=O)O)c4C)N(C)C3=O)c2C)ccc1Br. The molecule has 1 amide bonds. The van der Waals surface area contributed by atoms with Gasteiger partial charge < -0.3 is 9.67 Å². The summed E-state index contributed by atoms with van der Waals surface area (Å²) in [7, 11) is 1.68. The van der Waals surface area contributed by atoms with Crippen LogP contribution in [0, 0.1) is 27.7 Å². The number of carbonyl (C=O) groups excluding carboxylic acids is 1. The van der Waals surface area contributed by atoms with E-state index in [9.17, 15) is 14.7 Å². The number of amidine groups is 1. The van der Waals surface area contributed by atoms with Crippen LogP contribution in [0.25, 0.3) is 11.8 Å². The Morgan fingerprint density at radius 1 is 1.12 bits per heavy atom. The maximum absolute atomic E-state index is 13.0. The molecule has 0 saturated carbocycles. The second-order valence-electron chi connectivity index (χ2n) is 8.22. The minimum Gasteiger partial charge on any atom is -0.478 e. The van der Waals surface area contributed by atoms with Crippen LogP contribution in [0.4, 0.5) is 5.69 Å². The molecule has 6 nitrogen and oxygen atoms in total. The fourth-order valence-electron chi connectivity index (χ4n) is 3.97. The van der Waals surface area contributed by atoms with E-state index in [1.54, 1.807) is 32.2 Å². The number of aromatic nitrogens is 1. The van der Waals surface area contributed by atoms with Crippen molar-refractivity contribution >= 4 is 56.5 Å². The minimum atomic E-state index is -1.00. The van der Waals surface area contributed by atoms with Crippen LogP contribution in [0.3, 0.4) is 0 Å². The fraction of sp³-hybridized carbons (Fsp3) is 0.192. The molecule has 0 aliphatic carbocycles. The lowest BCUT2D eigenvalue weighted by atomic mass is 10.1. The lowest BCUT2D eigenvalue weighted by molar-refractivity contribution is -0.121. The molecule has 3 aromatic rings. The molecule has 8 heteroatoms. The zero-order chi connectivity index (χ0) is 24.7. The Morgan fingerprint density at radius 3 is 2.53 bits per heavy atom. The number of hydrogen-bond acceptors (Lipinski definition) is 4. The zero-order valence-electron chi connectivity index (χ0n) is 19.5. The number of halogens is 1. The maximum atomic E-state index is 13.0. The van der Waals surface area contributed by atoms with E-state index in [1.807, 2.05) is 26.0 Å². The molecule has 1 N–H and O–H groups in total. The van der Waals surface area contributed by atoms with Gasteiger partial charge in [-0.15, -0.1) is 0 Å². The Hall–Kier alpha value is -3.10. The minimum absolute atomic E-state index is 0.139. The van der Waals surface area contributed by atoms with Crippen molar-refractivity contribution in [1.29, 1.82) is 0 Å². The molecule has 0 atom stereocenters. The molecule has 34 heavy (non-hydrogen) atoms. The van der Waals surface area contributed by atoms with E-state index in [1.165, 1.54) is 16.7 Å². The van der Waals surface area contributed by atoms with Crippen LogP contribution in [-0.4, -0.2) is 38.7 Å². The van der Waals surface area contributed by atoms with Gasteiger partial charge in [0.15, 0.2) is 5.17 Å². The number of nitrogens with zero attached hydrogens (tertiary/aromatic N) is 3.